The van der Waals surface area contributed by atoms with Crippen molar-refractivity contribution >= 4 is 17.3 Å². The molecule has 1 aromatic carbocycles. The van der Waals surface area contributed by atoms with Crippen LogP contribution in [0.5, 0.6) is 5.75 Å². The molecule has 1 heterocycles. The van der Waals surface area contributed by atoms with Crippen molar-refractivity contribution in [2.45, 2.75) is 26.2 Å². The fourth-order valence-electron chi connectivity index (χ4n) is 2.18. The van der Waals surface area contributed by atoms with Crippen LogP contribution in [0.3, 0.4) is 0 Å². The van der Waals surface area contributed by atoms with Gasteiger partial charge in [-0.25, -0.2) is 0 Å². The summed E-state index contributed by atoms with van der Waals surface area (Å²) in [6.07, 6.45) is 3.25. The van der Waals surface area contributed by atoms with Gasteiger partial charge < -0.3 is 14.8 Å². The van der Waals surface area contributed by atoms with Crippen LogP contribution in [0.25, 0.3) is 0 Å². The molecular weight excluding hydrogens is 262 g/mol. The minimum Gasteiger partial charge on any atom is -0.491 e. The number of rotatable bonds is 6. The third kappa shape index (κ3) is 4.59. The van der Waals surface area contributed by atoms with Gasteiger partial charge in [0.2, 0.25) is 0 Å². The van der Waals surface area contributed by atoms with Crippen molar-refractivity contribution in [3.8, 4) is 5.75 Å². The molecule has 1 saturated heterocycles. The number of hydrogen-bond acceptors (Lipinski definition) is 3. The highest BCUT2D eigenvalue weighted by atomic mass is 35.5. The van der Waals surface area contributed by atoms with Crippen LogP contribution in [0.2, 0.25) is 5.02 Å². The molecule has 0 saturated carbocycles. The van der Waals surface area contributed by atoms with Crippen molar-refractivity contribution in [1.82, 2.24) is 0 Å². The fraction of sp³-hybridized carbons (Fsp3) is 0.600. The van der Waals surface area contributed by atoms with E-state index < -0.39 is 0 Å². The van der Waals surface area contributed by atoms with Crippen molar-refractivity contribution in [1.29, 1.82) is 0 Å². The van der Waals surface area contributed by atoms with Gasteiger partial charge >= 0.3 is 0 Å². The third-order valence-corrected chi connectivity index (χ3v) is 3.56. The average molecular weight is 284 g/mol. The first kappa shape index (κ1) is 14.5. The maximum atomic E-state index is 6.06. The van der Waals surface area contributed by atoms with Gasteiger partial charge in [-0.3, -0.25) is 0 Å². The van der Waals surface area contributed by atoms with E-state index in [2.05, 4.69) is 12.2 Å². The average Bonchev–Trinajstić information content (AvgIpc) is 2.45. The maximum absolute atomic E-state index is 6.06. The monoisotopic (exact) mass is 283 g/mol. The van der Waals surface area contributed by atoms with Crippen molar-refractivity contribution in [2.24, 2.45) is 5.92 Å². The molecule has 106 valence electrons. The van der Waals surface area contributed by atoms with E-state index in [0.717, 1.165) is 62.1 Å². The van der Waals surface area contributed by atoms with E-state index in [4.69, 9.17) is 21.1 Å². The summed E-state index contributed by atoms with van der Waals surface area (Å²) in [6.45, 7) is 5.53. The van der Waals surface area contributed by atoms with E-state index in [-0.39, 0.29) is 0 Å². The van der Waals surface area contributed by atoms with Crippen LogP contribution in [0, 0.1) is 5.92 Å². The van der Waals surface area contributed by atoms with Gasteiger partial charge in [-0.15, -0.1) is 0 Å². The summed E-state index contributed by atoms with van der Waals surface area (Å²) in [4.78, 5) is 0. The van der Waals surface area contributed by atoms with Crippen molar-refractivity contribution in [3.05, 3.63) is 23.2 Å². The van der Waals surface area contributed by atoms with E-state index in [1.54, 1.807) is 0 Å². The minimum absolute atomic E-state index is 0.673. The summed E-state index contributed by atoms with van der Waals surface area (Å²) in [5.74, 6) is 1.56. The lowest BCUT2D eigenvalue weighted by molar-refractivity contribution is 0.0699. The lowest BCUT2D eigenvalue weighted by Crippen LogP contribution is -2.22. The zero-order chi connectivity index (χ0) is 13.5. The first-order chi connectivity index (χ1) is 9.29. The van der Waals surface area contributed by atoms with Gasteiger partial charge in [0, 0.05) is 24.8 Å². The Hall–Kier alpha value is -0.930. The van der Waals surface area contributed by atoms with E-state index >= 15 is 0 Å². The molecule has 2 rings (SSSR count). The SMILES string of the molecule is CCCOc1ccc(Cl)cc1NCC1CCOCC1. The Morgan fingerprint density at radius 2 is 2.16 bits per heavy atom. The van der Waals surface area contributed by atoms with E-state index in [0.29, 0.717) is 5.92 Å². The van der Waals surface area contributed by atoms with Crippen molar-refractivity contribution in [3.63, 3.8) is 0 Å². The van der Waals surface area contributed by atoms with E-state index in [1.807, 2.05) is 18.2 Å². The minimum atomic E-state index is 0.673. The molecule has 0 aliphatic carbocycles. The van der Waals surface area contributed by atoms with Gasteiger partial charge in [-0.2, -0.15) is 0 Å². The number of halogens is 1. The topological polar surface area (TPSA) is 30.5 Å². The quantitative estimate of drug-likeness (QED) is 0.857. The summed E-state index contributed by atoms with van der Waals surface area (Å²) in [7, 11) is 0. The Balaban J connectivity index is 1.94. The molecule has 0 radical (unpaired) electrons. The Morgan fingerprint density at radius 1 is 1.37 bits per heavy atom. The molecule has 1 fully saturated rings. The van der Waals surface area contributed by atoms with Crippen LogP contribution >= 0.6 is 11.6 Å². The molecule has 1 N–H and O–H groups in total. The molecule has 0 bridgehead atoms. The molecule has 0 atom stereocenters. The summed E-state index contributed by atoms with van der Waals surface area (Å²) >= 11 is 6.06. The van der Waals surface area contributed by atoms with Gasteiger partial charge in [-0.05, 0) is 43.4 Å². The smallest absolute Gasteiger partial charge is 0.142 e. The zero-order valence-electron chi connectivity index (χ0n) is 11.5. The summed E-state index contributed by atoms with van der Waals surface area (Å²) in [5, 5.41) is 4.20. The fourth-order valence-corrected chi connectivity index (χ4v) is 2.36. The summed E-state index contributed by atoms with van der Waals surface area (Å²) in [5.41, 5.74) is 0.993. The molecule has 0 aromatic heterocycles. The second kappa shape index (κ2) is 7.61. The van der Waals surface area contributed by atoms with E-state index in [9.17, 15) is 0 Å². The molecular formula is C15H22ClNO2. The second-order valence-electron chi connectivity index (χ2n) is 4.93. The third-order valence-electron chi connectivity index (χ3n) is 3.33. The van der Waals surface area contributed by atoms with Crippen LogP contribution in [0.15, 0.2) is 18.2 Å². The first-order valence-electron chi connectivity index (χ1n) is 7.03. The van der Waals surface area contributed by atoms with Crippen molar-refractivity contribution < 1.29 is 9.47 Å². The predicted molar refractivity (Wildman–Crippen MR) is 79.3 cm³/mol. The second-order valence-corrected chi connectivity index (χ2v) is 5.36. The molecule has 0 amide bonds. The molecule has 3 nitrogen and oxygen atoms in total. The molecule has 19 heavy (non-hydrogen) atoms. The van der Waals surface area contributed by atoms with Gasteiger partial charge in [0.25, 0.3) is 0 Å². The van der Waals surface area contributed by atoms with Crippen LogP contribution in [0.1, 0.15) is 26.2 Å². The van der Waals surface area contributed by atoms with Crippen LogP contribution < -0.4 is 10.1 Å². The normalized spacial score (nSPS) is 16.3. The zero-order valence-corrected chi connectivity index (χ0v) is 12.2. The molecule has 4 heteroatoms. The standard InChI is InChI=1S/C15H22ClNO2/c1-2-7-19-15-4-3-13(16)10-14(15)17-11-12-5-8-18-9-6-12/h3-4,10,12,17H,2,5-9,11H2,1H3. The number of hydrogen-bond donors (Lipinski definition) is 1. The largest absolute Gasteiger partial charge is 0.491 e. The Bertz CT molecular complexity index is 392. The van der Waals surface area contributed by atoms with Crippen LogP contribution in [-0.4, -0.2) is 26.4 Å². The Kier molecular flexibility index (Phi) is 5.80. The van der Waals surface area contributed by atoms with Gasteiger partial charge in [-0.1, -0.05) is 18.5 Å². The van der Waals surface area contributed by atoms with Crippen LogP contribution in [0.4, 0.5) is 5.69 Å². The van der Waals surface area contributed by atoms with Crippen LogP contribution in [-0.2, 0) is 4.74 Å². The molecule has 1 aliphatic heterocycles. The predicted octanol–water partition coefficient (Wildman–Crippen LogP) is 3.97. The van der Waals surface area contributed by atoms with E-state index in [1.165, 1.54) is 0 Å². The van der Waals surface area contributed by atoms with Crippen molar-refractivity contribution in [2.75, 3.05) is 31.7 Å². The highest BCUT2D eigenvalue weighted by Crippen LogP contribution is 2.29. The first-order valence-corrected chi connectivity index (χ1v) is 7.41. The number of anilines is 1. The highest BCUT2D eigenvalue weighted by molar-refractivity contribution is 6.30. The lowest BCUT2D eigenvalue weighted by Gasteiger charge is -2.23. The number of nitrogens with one attached hydrogen (secondary N) is 1. The Morgan fingerprint density at radius 3 is 2.89 bits per heavy atom. The highest BCUT2D eigenvalue weighted by Gasteiger charge is 2.14. The summed E-state index contributed by atoms with van der Waals surface area (Å²) < 4.78 is 11.1. The number of ether oxygens (including phenoxy) is 2. The molecule has 0 spiro atoms. The molecule has 1 aliphatic rings. The lowest BCUT2D eigenvalue weighted by atomic mass is 10.0. The van der Waals surface area contributed by atoms with Gasteiger partial charge in [0.15, 0.2) is 0 Å². The molecule has 1 aromatic rings. The Labute approximate surface area is 120 Å². The maximum Gasteiger partial charge on any atom is 0.142 e. The molecule has 0 unspecified atom stereocenters. The van der Waals surface area contributed by atoms with Gasteiger partial charge in [0.05, 0.1) is 12.3 Å². The summed E-state index contributed by atoms with van der Waals surface area (Å²) in [6, 6.07) is 5.74. The number of benzene rings is 1. The van der Waals surface area contributed by atoms with Gasteiger partial charge in [0.1, 0.15) is 5.75 Å².